The molecular formula is C28H34N2O6S. The predicted molar refractivity (Wildman–Crippen MR) is 144 cm³/mol. The number of carbonyl (C=O) groups excluding carboxylic acids is 1. The van der Waals surface area contributed by atoms with Crippen molar-refractivity contribution in [3.05, 3.63) is 77.4 Å². The normalized spacial score (nSPS) is 11.2. The molecule has 0 aliphatic carbocycles. The Morgan fingerprint density at radius 3 is 2.08 bits per heavy atom. The lowest BCUT2D eigenvalue weighted by Gasteiger charge is -2.25. The maximum absolute atomic E-state index is 13.8. The van der Waals surface area contributed by atoms with E-state index in [9.17, 15) is 13.2 Å². The third-order valence-electron chi connectivity index (χ3n) is 5.51. The van der Waals surface area contributed by atoms with E-state index in [1.807, 2.05) is 58.0 Å². The Balaban J connectivity index is 1.87. The van der Waals surface area contributed by atoms with Crippen LogP contribution in [0.2, 0.25) is 0 Å². The number of aryl methyl sites for hydroxylation is 2. The summed E-state index contributed by atoms with van der Waals surface area (Å²) in [5, 5.41) is 2.82. The Morgan fingerprint density at radius 2 is 1.51 bits per heavy atom. The molecule has 1 amide bonds. The minimum absolute atomic E-state index is 0.0159. The molecule has 0 atom stereocenters. The number of nitrogens with zero attached hydrogens (tertiary/aromatic N) is 1. The fourth-order valence-corrected chi connectivity index (χ4v) is 5.28. The quantitative estimate of drug-likeness (QED) is 0.392. The van der Waals surface area contributed by atoms with E-state index in [0.29, 0.717) is 11.4 Å². The van der Waals surface area contributed by atoms with Gasteiger partial charge in [0.2, 0.25) is 5.91 Å². The first kappa shape index (κ1) is 27.9. The summed E-state index contributed by atoms with van der Waals surface area (Å²) in [6.07, 6.45) is 0.0643. The van der Waals surface area contributed by atoms with Gasteiger partial charge in [0.05, 0.1) is 30.9 Å². The van der Waals surface area contributed by atoms with Crippen molar-refractivity contribution in [3.63, 3.8) is 0 Å². The van der Waals surface area contributed by atoms with Crippen LogP contribution in [0.5, 0.6) is 17.2 Å². The van der Waals surface area contributed by atoms with Crippen LogP contribution in [0.15, 0.2) is 65.6 Å². The van der Waals surface area contributed by atoms with E-state index in [1.54, 1.807) is 12.1 Å². The number of hydrogen-bond donors (Lipinski definition) is 1. The smallest absolute Gasteiger partial charge is 0.264 e. The predicted octanol–water partition coefficient (Wildman–Crippen LogP) is 4.62. The number of amides is 1. The molecule has 0 radical (unpaired) electrons. The fraction of sp³-hybridized carbons (Fsp3) is 0.321. The van der Waals surface area contributed by atoms with Gasteiger partial charge in [-0.3, -0.25) is 9.10 Å². The number of carbonyl (C=O) groups is 1. The van der Waals surface area contributed by atoms with Crippen molar-refractivity contribution >= 4 is 21.6 Å². The van der Waals surface area contributed by atoms with Gasteiger partial charge in [0, 0.05) is 12.6 Å². The summed E-state index contributed by atoms with van der Waals surface area (Å²) >= 11 is 0. The number of sulfonamides is 1. The molecule has 0 saturated heterocycles. The number of rotatable bonds is 11. The van der Waals surface area contributed by atoms with Crippen LogP contribution in [-0.2, 0) is 21.4 Å². The molecule has 0 unspecified atom stereocenters. The van der Waals surface area contributed by atoms with E-state index in [4.69, 9.17) is 14.2 Å². The molecule has 0 heterocycles. The van der Waals surface area contributed by atoms with Gasteiger partial charge in [0.15, 0.2) is 11.5 Å². The SMILES string of the molecule is COc1ccc(S(=O)(=O)N(CC(=O)NCc2ccc(OC(C)C)cc2)c2cc(C)cc(C)c2)cc1OC. The average molecular weight is 527 g/mol. The maximum atomic E-state index is 13.8. The van der Waals surface area contributed by atoms with E-state index < -0.39 is 22.5 Å². The summed E-state index contributed by atoms with van der Waals surface area (Å²) in [4.78, 5) is 13.0. The number of ether oxygens (including phenoxy) is 3. The molecule has 0 aliphatic rings. The van der Waals surface area contributed by atoms with Gasteiger partial charge < -0.3 is 19.5 Å². The molecule has 0 aliphatic heterocycles. The fourth-order valence-electron chi connectivity index (χ4n) is 3.86. The van der Waals surface area contributed by atoms with Gasteiger partial charge in [-0.25, -0.2) is 8.42 Å². The lowest BCUT2D eigenvalue weighted by atomic mass is 10.1. The van der Waals surface area contributed by atoms with Crippen molar-refractivity contribution in [1.82, 2.24) is 5.32 Å². The van der Waals surface area contributed by atoms with E-state index in [0.717, 1.165) is 26.7 Å². The second-order valence-electron chi connectivity index (χ2n) is 8.96. The highest BCUT2D eigenvalue weighted by Gasteiger charge is 2.28. The van der Waals surface area contributed by atoms with Crippen molar-refractivity contribution in [1.29, 1.82) is 0 Å². The molecule has 0 saturated carbocycles. The molecule has 3 aromatic rings. The van der Waals surface area contributed by atoms with Crippen molar-refractivity contribution in [2.45, 2.75) is 45.2 Å². The van der Waals surface area contributed by atoms with Crippen LogP contribution in [0.1, 0.15) is 30.5 Å². The van der Waals surface area contributed by atoms with Gasteiger partial charge in [0.25, 0.3) is 10.0 Å². The minimum Gasteiger partial charge on any atom is -0.493 e. The first-order chi connectivity index (χ1) is 17.5. The molecule has 3 aromatic carbocycles. The molecule has 0 fully saturated rings. The standard InChI is InChI=1S/C28H34N2O6S/c1-19(2)36-24-9-7-22(8-10-24)17-29-28(31)18-30(23-14-20(3)13-21(4)15-23)37(32,33)25-11-12-26(34-5)27(16-25)35-6/h7-16,19H,17-18H2,1-6H3,(H,29,31). The van der Waals surface area contributed by atoms with Crippen LogP contribution >= 0.6 is 0 Å². The van der Waals surface area contributed by atoms with Crippen LogP contribution in [0.4, 0.5) is 5.69 Å². The summed E-state index contributed by atoms with van der Waals surface area (Å²) in [5.74, 6) is 0.984. The summed E-state index contributed by atoms with van der Waals surface area (Å²) < 4.78 is 44.9. The van der Waals surface area contributed by atoms with E-state index in [2.05, 4.69) is 5.32 Å². The number of hydrogen-bond acceptors (Lipinski definition) is 6. The van der Waals surface area contributed by atoms with Gasteiger partial charge >= 0.3 is 0 Å². The van der Waals surface area contributed by atoms with Gasteiger partial charge in [-0.05, 0) is 80.8 Å². The largest absolute Gasteiger partial charge is 0.493 e. The Kier molecular flexibility index (Phi) is 9.04. The van der Waals surface area contributed by atoms with Gasteiger partial charge in [-0.2, -0.15) is 0 Å². The molecule has 9 heteroatoms. The second-order valence-corrected chi connectivity index (χ2v) is 10.8. The third-order valence-corrected chi connectivity index (χ3v) is 7.28. The second kappa shape index (κ2) is 12.0. The Bertz CT molecular complexity index is 1320. The van der Waals surface area contributed by atoms with Gasteiger partial charge in [0.1, 0.15) is 12.3 Å². The highest BCUT2D eigenvalue weighted by molar-refractivity contribution is 7.92. The molecule has 37 heavy (non-hydrogen) atoms. The van der Waals surface area contributed by atoms with Gasteiger partial charge in [-0.1, -0.05) is 18.2 Å². The number of methoxy groups -OCH3 is 2. The summed E-state index contributed by atoms with van der Waals surface area (Å²) in [6, 6.07) is 17.2. The maximum Gasteiger partial charge on any atom is 0.264 e. The zero-order valence-corrected chi connectivity index (χ0v) is 22.9. The Hall–Kier alpha value is -3.72. The first-order valence-electron chi connectivity index (χ1n) is 11.9. The number of benzene rings is 3. The van der Waals surface area contributed by atoms with E-state index >= 15 is 0 Å². The van der Waals surface area contributed by atoms with Crippen molar-refractivity contribution in [2.24, 2.45) is 0 Å². The van der Waals surface area contributed by atoms with Crippen LogP contribution < -0.4 is 23.8 Å². The summed E-state index contributed by atoms with van der Waals surface area (Å²) in [7, 11) is -1.21. The van der Waals surface area contributed by atoms with Crippen LogP contribution in [0.3, 0.4) is 0 Å². The van der Waals surface area contributed by atoms with Crippen LogP contribution in [0, 0.1) is 13.8 Å². The summed E-state index contributed by atoms with van der Waals surface area (Å²) in [6.45, 7) is 7.51. The number of anilines is 1. The molecule has 8 nitrogen and oxygen atoms in total. The molecule has 0 aromatic heterocycles. The first-order valence-corrected chi connectivity index (χ1v) is 13.3. The van der Waals surface area contributed by atoms with E-state index in [1.165, 1.54) is 32.4 Å². The lowest BCUT2D eigenvalue weighted by molar-refractivity contribution is -0.119. The molecule has 0 spiro atoms. The van der Waals surface area contributed by atoms with E-state index in [-0.39, 0.29) is 23.3 Å². The Morgan fingerprint density at radius 1 is 0.892 bits per heavy atom. The summed E-state index contributed by atoms with van der Waals surface area (Å²) in [5.41, 5.74) is 3.03. The molecule has 3 rings (SSSR count). The van der Waals surface area contributed by atoms with Crippen LogP contribution in [0.25, 0.3) is 0 Å². The Labute approximate surface area is 219 Å². The molecule has 1 N–H and O–H groups in total. The zero-order chi connectivity index (χ0) is 27.2. The molecule has 0 bridgehead atoms. The van der Waals surface area contributed by atoms with Crippen LogP contribution in [-0.4, -0.2) is 41.2 Å². The third kappa shape index (κ3) is 7.16. The highest BCUT2D eigenvalue weighted by atomic mass is 32.2. The van der Waals surface area contributed by atoms with Gasteiger partial charge in [-0.15, -0.1) is 0 Å². The topological polar surface area (TPSA) is 94.2 Å². The zero-order valence-electron chi connectivity index (χ0n) is 22.1. The highest BCUT2D eigenvalue weighted by Crippen LogP contribution is 2.32. The molecular weight excluding hydrogens is 492 g/mol. The van der Waals surface area contributed by atoms with Crippen molar-refractivity contribution in [2.75, 3.05) is 25.1 Å². The average Bonchev–Trinajstić information content (AvgIpc) is 2.85. The monoisotopic (exact) mass is 526 g/mol. The lowest BCUT2D eigenvalue weighted by Crippen LogP contribution is -2.40. The van der Waals surface area contributed by atoms with Crippen molar-refractivity contribution in [3.8, 4) is 17.2 Å². The number of nitrogens with one attached hydrogen (secondary N) is 1. The molecule has 198 valence electrons. The minimum atomic E-state index is -4.12. The van der Waals surface area contributed by atoms with Crippen molar-refractivity contribution < 1.29 is 27.4 Å².